The molecule has 1 atom stereocenters. The highest BCUT2D eigenvalue weighted by molar-refractivity contribution is 5.25. The van der Waals surface area contributed by atoms with E-state index in [2.05, 4.69) is 24.3 Å². The van der Waals surface area contributed by atoms with Crippen LogP contribution >= 0.6 is 0 Å². The van der Waals surface area contributed by atoms with Crippen LogP contribution in [-0.2, 0) is 0 Å². The van der Waals surface area contributed by atoms with E-state index in [0.29, 0.717) is 11.7 Å². The second-order valence-electron chi connectivity index (χ2n) is 3.57. The highest BCUT2D eigenvalue weighted by atomic mass is 16.3. The van der Waals surface area contributed by atoms with Crippen molar-refractivity contribution in [2.24, 2.45) is 0 Å². The fourth-order valence-corrected chi connectivity index (χ4v) is 1.87. The van der Waals surface area contributed by atoms with E-state index in [1.165, 1.54) is 5.56 Å². The van der Waals surface area contributed by atoms with E-state index in [9.17, 15) is 5.11 Å². The van der Waals surface area contributed by atoms with Crippen molar-refractivity contribution in [3.63, 3.8) is 0 Å². The minimum Gasteiger partial charge on any atom is -0.513 e. The third-order valence-electron chi connectivity index (χ3n) is 2.57. The van der Waals surface area contributed by atoms with Crippen LogP contribution in [0, 0.1) is 0 Å². The zero-order chi connectivity index (χ0) is 9.10. The van der Waals surface area contributed by atoms with Gasteiger partial charge in [-0.1, -0.05) is 30.3 Å². The van der Waals surface area contributed by atoms with E-state index in [4.69, 9.17) is 0 Å². The average molecular weight is 174 g/mol. The van der Waals surface area contributed by atoms with Crippen LogP contribution in [0.15, 0.2) is 42.2 Å². The van der Waals surface area contributed by atoms with Gasteiger partial charge in [0.2, 0.25) is 0 Å². The number of hydrogen-bond acceptors (Lipinski definition) is 1. The molecule has 1 aliphatic rings. The summed E-state index contributed by atoms with van der Waals surface area (Å²) in [7, 11) is 0. The summed E-state index contributed by atoms with van der Waals surface area (Å²) in [5.74, 6) is 0.982. The number of benzene rings is 1. The van der Waals surface area contributed by atoms with E-state index < -0.39 is 0 Å². The smallest absolute Gasteiger partial charge is 0.0889 e. The molecule has 0 fully saturated rings. The summed E-state index contributed by atoms with van der Waals surface area (Å²) in [5, 5.41) is 9.40. The molecular formula is C12H14O. The lowest BCUT2D eigenvalue weighted by molar-refractivity contribution is 0.362. The first kappa shape index (κ1) is 8.36. The van der Waals surface area contributed by atoms with E-state index in [-0.39, 0.29) is 0 Å². The summed E-state index contributed by atoms with van der Waals surface area (Å²) in [6, 6.07) is 10.4. The number of rotatable bonds is 1. The van der Waals surface area contributed by atoms with Gasteiger partial charge in [-0.25, -0.2) is 0 Å². The van der Waals surface area contributed by atoms with Crippen LogP contribution in [0.4, 0.5) is 0 Å². The molecule has 1 nitrogen and oxygen atoms in total. The third-order valence-corrected chi connectivity index (χ3v) is 2.57. The van der Waals surface area contributed by atoms with Gasteiger partial charge in [-0.05, 0) is 24.5 Å². The van der Waals surface area contributed by atoms with Crippen molar-refractivity contribution in [3.8, 4) is 0 Å². The first-order chi connectivity index (χ1) is 6.36. The number of allylic oxidation sites excluding steroid dienone is 2. The quantitative estimate of drug-likeness (QED) is 0.691. The number of aliphatic hydroxyl groups is 1. The summed E-state index contributed by atoms with van der Waals surface area (Å²) in [6.45, 7) is 0. The molecule has 1 N–H and O–H groups in total. The lowest BCUT2D eigenvalue weighted by atomic mass is 9.89. The van der Waals surface area contributed by atoms with Gasteiger partial charge in [0.15, 0.2) is 0 Å². The normalized spacial score (nSPS) is 22.5. The molecule has 0 unspecified atom stereocenters. The Morgan fingerprint density at radius 1 is 1.15 bits per heavy atom. The van der Waals surface area contributed by atoms with E-state index in [0.717, 1.165) is 19.3 Å². The molecule has 0 aliphatic heterocycles. The predicted molar refractivity (Wildman–Crippen MR) is 53.7 cm³/mol. The van der Waals surface area contributed by atoms with E-state index >= 15 is 0 Å². The minimum absolute atomic E-state index is 0.426. The zero-order valence-electron chi connectivity index (χ0n) is 7.61. The van der Waals surface area contributed by atoms with Gasteiger partial charge in [0.05, 0.1) is 5.76 Å². The standard InChI is InChI=1S/C12H14O/c13-12-8-4-7-11(9-12)10-5-2-1-3-6-10/h1-3,5-6,9,11,13H,4,7-8H2/t11-/m0/s1. The molecule has 0 heterocycles. The summed E-state index contributed by atoms with van der Waals surface area (Å²) < 4.78 is 0. The van der Waals surface area contributed by atoms with Gasteiger partial charge >= 0.3 is 0 Å². The highest BCUT2D eigenvalue weighted by Gasteiger charge is 2.13. The van der Waals surface area contributed by atoms with Crippen LogP contribution in [0.2, 0.25) is 0 Å². The van der Waals surface area contributed by atoms with Gasteiger partial charge < -0.3 is 5.11 Å². The molecule has 0 spiro atoms. The molecule has 1 aliphatic carbocycles. The molecule has 68 valence electrons. The molecule has 0 radical (unpaired) electrons. The Morgan fingerprint density at radius 2 is 1.92 bits per heavy atom. The Kier molecular flexibility index (Phi) is 2.35. The Morgan fingerprint density at radius 3 is 2.62 bits per heavy atom. The molecule has 13 heavy (non-hydrogen) atoms. The maximum absolute atomic E-state index is 9.40. The van der Waals surface area contributed by atoms with Crippen molar-refractivity contribution in [2.45, 2.75) is 25.2 Å². The first-order valence-corrected chi connectivity index (χ1v) is 4.81. The van der Waals surface area contributed by atoms with Crippen molar-refractivity contribution in [1.29, 1.82) is 0 Å². The van der Waals surface area contributed by atoms with Gasteiger partial charge in [-0.15, -0.1) is 0 Å². The maximum atomic E-state index is 9.40. The summed E-state index contributed by atoms with van der Waals surface area (Å²) >= 11 is 0. The third kappa shape index (κ3) is 1.92. The minimum atomic E-state index is 0.426. The van der Waals surface area contributed by atoms with Gasteiger partial charge in [0.1, 0.15) is 0 Å². The average Bonchev–Trinajstić information content (AvgIpc) is 2.19. The van der Waals surface area contributed by atoms with Crippen molar-refractivity contribution in [3.05, 3.63) is 47.7 Å². The van der Waals surface area contributed by atoms with Gasteiger partial charge in [-0.2, -0.15) is 0 Å². The SMILES string of the molecule is OC1=C[C@@H](c2ccccc2)CCC1. The zero-order valence-corrected chi connectivity index (χ0v) is 7.61. The van der Waals surface area contributed by atoms with Crippen LogP contribution in [0.1, 0.15) is 30.7 Å². The molecule has 0 amide bonds. The van der Waals surface area contributed by atoms with Crippen LogP contribution in [0.25, 0.3) is 0 Å². The first-order valence-electron chi connectivity index (χ1n) is 4.81. The highest BCUT2D eigenvalue weighted by Crippen LogP contribution is 2.29. The van der Waals surface area contributed by atoms with E-state index in [1.807, 2.05) is 12.1 Å². The van der Waals surface area contributed by atoms with Crippen LogP contribution in [0.5, 0.6) is 0 Å². The van der Waals surface area contributed by atoms with Crippen LogP contribution < -0.4 is 0 Å². The number of hydrogen-bond donors (Lipinski definition) is 1. The molecule has 2 rings (SSSR count). The topological polar surface area (TPSA) is 20.2 Å². The van der Waals surface area contributed by atoms with Gasteiger partial charge in [0.25, 0.3) is 0 Å². The second-order valence-corrected chi connectivity index (χ2v) is 3.57. The predicted octanol–water partition coefficient (Wildman–Crippen LogP) is 3.40. The van der Waals surface area contributed by atoms with Crippen LogP contribution in [0.3, 0.4) is 0 Å². The molecule has 0 bridgehead atoms. The molecule has 1 aromatic carbocycles. The summed E-state index contributed by atoms with van der Waals surface area (Å²) in [6.07, 6.45) is 5.10. The summed E-state index contributed by atoms with van der Waals surface area (Å²) in [4.78, 5) is 0. The van der Waals surface area contributed by atoms with Crippen molar-refractivity contribution < 1.29 is 5.11 Å². The molecular weight excluding hydrogens is 160 g/mol. The fourth-order valence-electron chi connectivity index (χ4n) is 1.87. The molecule has 1 aromatic rings. The summed E-state index contributed by atoms with van der Waals surface area (Å²) in [5.41, 5.74) is 1.31. The van der Waals surface area contributed by atoms with Crippen LogP contribution in [-0.4, -0.2) is 5.11 Å². The Hall–Kier alpha value is -1.24. The second kappa shape index (κ2) is 3.65. The molecule has 0 saturated carbocycles. The van der Waals surface area contributed by atoms with Crippen molar-refractivity contribution in [2.75, 3.05) is 0 Å². The Bertz CT molecular complexity index is 300. The fraction of sp³-hybridized carbons (Fsp3) is 0.333. The maximum Gasteiger partial charge on any atom is 0.0889 e. The molecule has 0 saturated heterocycles. The van der Waals surface area contributed by atoms with Crippen molar-refractivity contribution >= 4 is 0 Å². The lowest BCUT2D eigenvalue weighted by Gasteiger charge is -2.18. The Labute approximate surface area is 78.7 Å². The monoisotopic (exact) mass is 174 g/mol. The Balaban J connectivity index is 2.22. The van der Waals surface area contributed by atoms with E-state index in [1.54, 1.807) is 0 Å². The molecule has 0 aromatic heterocycles. The van der Waals surface area contributed by atoms with Gasteiger partial charge in [0, 0.05) is 12.3 Å². The number of aliphatic hydroxyl groups excluding tert-OH is 1. The largest absolute Gasteiger partial charge is 0.513 e. The lowest BCUT2D eigenvalue weighted by Crippen LogP contribution is -2.02. The van der Waals surface area contributed by atoms with Crippen molar-refractivity contribution in [1.82, 2.24) is 0 Å². The van der Waals surface area contributed by atoms with Gasteiger partial charge in [-0.3, -0.25) is 0 Å². The molecule has 1 heteroatoms.